The molecule has 0 aliphatic rings. The number of aliphatic hydroxyl groups excluding tert-OH is 1. The molecule has 0 bridgehead atoms. The third kappa shape index (κ3) is 5.70. The number of urea groups is 1. The van der Waals surface area contributed by atoms with Gasteiger partial charge in [-0.15, -0.1) is 0 Å². The fraction of sp³-hybridized carbons (Fsp3) is 0.444. The summed E-state index contributed by atoms with van der Waals surface area (Å²) in [7, 11) is 0. The molecule has 0 saturated carbocycles. The molecule has 0 unspecified atom stereocenters. The second kappa shape index (κ2) is 8.49. The Balaban J connectivity index is 1.73. The van der Waals surface area contributed by atoms with E-state index in [9.17, 15) is 9.90 Å². The molecule has 24 heavy (non-hydrogen) atoms. The highest BCUT2D eigenvalue weighted by Crippen LogP contribution is 2.20. The standard InChI is InChI=1S/C18H26N4O2/c1-18(2,14-23)8-4-9-19-17(24)20-13-15-6-3-7-16(12-15)22-11-5-10-21-22/h3,5-7,10-12,23H,4,8-9,13-14H2,1-2H3,(H2,19,20,24). The van der Waals surface area contributed by atoms with Crippen LogP contribution in [0.3, 0.4) is 0 Å². The van der Waals surface area contributed by atoms with Crippen molar-refractivity contribution in [1.29, 1.82) is 0 Å². The van der Waals surface area contributed by atoms with Gasteiger partial charge in [0.25, 0.3) is 0 Å². The molecular weight excluding hydrogens is 304 g/mol. The van der Waals surface area contributed by atoms with Gasteiger partial charge in [-0.25, -0.2) is 9.48 Å². The van der Waals surface area contributed by atoms with E-state index in [4.69, 9.17) is 0 Å². The second-order valence-corrected chi connectivity index (χ2v) is 6.66. The first-order valence-electron chi connectivity index (χ1n) is 8.22. The molecule has 0 aliphatic carbocycles. The van der Waals surface area contributed by atoms with Crippen LogP contribution in [-0.2, 0) is 6.54 Å². The van der Waals surface area contributed by atoms with E-state index in [1.807, 2.05) is 50.4 Å². The van der Waals surface area contributed by atoms with Crippen molar-refractivity contribution in [2.24, 2.45) is 5.41 Å². The van der Waals surface area contributed by atoms with Crippen LogP contribution in [0, 0.1) is 5.41 Å². The summed E-state index contributed by atoms with van der Waals surface area (Å²) in [4.78, 5) is 11.8. The van der Waals surface area contributed by atoms with Gasteiger partial charge >= 0.3 is 6.03 Å². The van der Waals surface area contributed by atoms with E-state index in [0.29, 0.717) is 13.1 Å². The zero-order valence-electron chi connectivity index (χ0n) is 14.3. The quantitative estimate of drug-likeness (QED) is 0.651. The van der Waals surface area contributed by atoms with Crippen LogP contribution in [0.15, 0.2) is 42.7 Å². The largest absolute Gasteiger partial charge is 0.396 e. The number of benzene rings is 1. The molecule has 2 amide bonds. The fourth-order valence-electron chi connectivity index (χ4n) is 2.32. The van der Waals surface area contributed by atoms with E-state index >= 15 is 0 Å². The number of nitrogens with zero attached hydrogens (tertiary/aromatic N) is 2. The minimum atomic E-state index is -0.179. The van der Waals surface area contributed by atoms with Gasteiger partial charge in [0, 0.05) is 32.1 Å². The molecule has 130 valence electrons. The van der Waals surface area contributed by atoms with Crippen LogP contribution in [0.1, 0.15) is 32.3 Å². The lowest BCUT2D eigenvalue weighted by Gasteiger charge is -2.21. The van der Waals surface area contributed by atoms with Crippen molar-refractivity contribution >= 4 is 6.03 Å². The summed E-state index contributed by atoms with van der Waals surface area (Å²) in [6.07, 6.45) is 5.33. The van der Waals surface area contributed by atoms with Gasteiger partial charge in [-0.1, -0.05) is 26.0 Å². The number of amides is 2. The predicted molar refractivity (Wildman–Crippen MR) is 93.9 cm³/mol. The monoisotopic (exact) mass is 330 g/mol. The first-order chi connectivity index (χ1) is 11.5. The lowest BCUT2D eigenvalue weighted by Crippen LogP contribution is -2.36. The van der Waals surface area contributed by atoms with Crippen molar-refractivity contribution < 1.29 is 9.90 Å². The Kier molecular flexibility index (Phi) is 6.37. The molecule has 1 heterocycles. The highest BCUT2D eigenvalue weighted by Gasteiger charge is 2.15. The first-order valence-corrected chi connectivity index (χ1v) is 8.22. The summed E-state index contributed by atoms with van der Waals surface area (Å²) < 4.78 is 1.78. The van der Waals surface area contributed by atoms with Crippen LogP contribution >= 0.6 is 0 Å². The minimum Gasteiger partial charge on any atom is -0.396 e. The SMILES string of the molecule is CC(C)(CO)CCCNC(=O)NCc1cccc(-n2cccn2)c1. The van der Waals surface area contributed by atoms with Crippen LogP contribution in [0.4, 0.5) is 4.79 Å². The van der Waals surface area contributed by atoms with Gasteiger partial charge in [0.1, 0.15) is 0 Å². The summed E-state index contributed by atoms with van der Waals surface area (Å²) in [6, 6.07) is 9.58. The second-order valence-electron chi connectivity index (χ2n) is 6.66. The van der Waals surface area contributed by atoms with E-state index < -0.39 is 0 Å². The van der Waals surface area contributed by atoms with Gasteiger partial charge in [0.15, 0.2) is 0 Å². The Morgan fingerprint density at radius 1 is 1.29 bits per heavy atom. The zero-order chi connectivity index (χ0) is 17.4. The van der Waals surface area contributed by atoms with Crippen LogP contribution in [0.25, 0.3) is 5.69 Å². The van der Waals surface area contributed by atoms with Crippen LogP contribution < -0.4 is 10.6 Å². The molecule has 0 spiro atoms. The van der Waals surface area contributed by atoms with E-state index in [1.165, 1.54) is 0 Å². The molecule has 0 saturated heterocycles. The zero-order valence-corrected chi connectivity index (χ0v) is 14.3. The Bertz CT molecular complexity index is 638. The Labute approximate surface area is 142 Å². The number of rotatable bonds is 8. The smallest absolute Gasteiger partial charge is 0.315 e. The van der Waals surface area contributed by atoms with Gasteiger partial charge < -0.3 is 15.7 Å². The molecule has 0 aliphatic heterocycles. The first kappa shape index (κ1) is 18.0. The number of nitrogens with one attached hydrogen (secondary N) is 2. The number of hydrogen-bond donors (Lipinski definition) is 3. The lowest BCUT2D eigenvalue weighted by molar-refractivity contribution is 0.148. The lowest BCUT2D eigenvalue weighted by atomic mass is 9.89. The van der Waals surface area contributed by atoms with Crippen molar-refractivity contribution in [3.63, 3.8) is 0 Å². The fourth-order valence-corrected chi connectivity index (χ4v) is 2.32. The molecule has 2 rings (SSSR count). The van der Waals surface area contributed by atoms with Gasteiger partial charge in [-0.2, -0.15) is 5.10 Å². The summed E-state index contributed by atoms with van der Waals surface area (Å²) in [5.41, 5.74) is 1.89. The summed E-state index contributed by atoms with van der Waals surface area (Å²) in [6.45, 7) is 5.25. The summed E-state index contributed by atoms with van der Waals surface area (Å²) in [5.74, 6) is 0. The molecule has 6 heteroatoms. The van der Waals surface area contributed by atoms with Gasteiger partial charge in [-0.3, -0.25) is 0 Å². The maximum Gasteiger partial charge on any atom is 0.315 e. The van der Waals surface area contributed by atoms with Crippen LogP contribution in [0.2, 0.25) is 0 Å². The predicted octanol–water partition coefficient (Wildman–Crippen LogP) is 2.47. The molecule has 6 nitrogen and oxygen atoms in total. The molecule has 3 N–H and O–H groups in total. The number of carbonyl (C=O) groups is 1. The van der Waals surface area contributed by atoms with Gasteiger partial charge in [0.05, 0.1) is 5.69 Å². The molecule has 1 aromatic carbocycles. The van der Waals surface area contributed by atoms with Gasteiger partial charge in [-0.05, 0) is 42.0 Å². The van der Waals surface area contributed by atoms with Crippen LogP contribution in [0.5, 0.6) is 0 Å². The third-order valence-corrected chi connectivity index (χ3v) is 3.88. The molecular formula is C18H26N4O2. The van der Waals surface area contributed by atoms with Crippen molar-refractivity contribution in [3.8, 4) is 5.69 Å². The summed E-state index contributed by atoms with van der Waals surface area (Å²) >= 11 is 0. The maximum atomic E-state index is 11.8. The molecule has 0 atom stereocenters. The van der Waals surface area contributed by atoms with Crippen molar-refractivity contribution in [2.45, 2.75) is 33.2 Å². The highest BCUT2D eigenvalue weighted by molar-refractivity contribution is 5.73. The van der Waals surface area contributed by atoms with Crippen molar-refractivity contribution in [1.82, 2.24) is 20.4 Å². The minimum absolute atomic E-state index is 0.0922. The molecule has 2 aromatic rings. The number of hydrogen-bond acceptors (Lipinski definition) is 3. The average Bonchev–Trinajstić information content (AvgIpc) is 3.12. The van der Waals surface area contributed by atoms with Crippen molar-refractivity contribution in [3.05, 3.63) is 48.3 Å². The number of carbonyl (C=O) groups excluding carboxylic acids is 1. The van der Waals surface area contributed by atoms with E-state index in [1.54, 1.807) is 10.9 Å². The Morgan fingerprint density at radius 2 is 2.12 bits per heavy atom. The highest BCUT2D eigenvalue weighted by atomic mass is 16.3. The Morgan fingerprint density at radius 3 is 2.83 bits per heavy atom. The molecule has 1 aromatic heterocycles. The van der Waals surface area contributed by atoms with E-state index in [0.717, 1.165) is 24.1 Å². The van der Waals surface area contributed by atoms with Gasteiger partial charge in [0.2, 0.25) is 0 Å². The normalized spacial score (nSPS) is 11.3. The number of aliphatic hydroxyl groups is 1. The Hall–Kier alpha value is -2.34. The van der Waals surface area contributed by atoms with E-state index in [-0.39, 0.29) is 18.1 Å². The molecule has 0 radical (unpaired) electrons. The maximum absolute atomic E-state index is 11.8. The molecule has 0 fully saturated rings. The third-order valence-electron chi connectivity index (χ3n) is 3.88. The van der Waals surface area contributed by atoms with Crippen molar-refractivity contribution in [2.75, 3.05) is 13.2 Å². The van der Waals surface area contributed by atoms with E-state index in [2.05, 4.69) is 15.7 Å². The summed E-state index contributed by atoms with van der Waals surface area (Å²) in [5, 5.41) is 19.1. The number of aromatic nitrogens is 2. The topological polar surface area (TPSA) is 79.2 Å². The van der Waals surface area contributed by atoms with Crippen LogP contribution in [-0.4, -0.2) is 34.1 Å². The average molecular weight is 330 g/mol.